The van der Waals surface area contributed by atoms with Crippen molar-refractivity contribution in [1.29, 1.82) is 0 Å². The van der Waals surface area contributed by atoms with Crippen LogP contribution in [0.2, 0.25) is 0 Å². The van der Waals surface area contributed by atoms with Gasteiger partial charge in [0.25, 0.3) is 0 Å². The van der Waals surface area contributed by atoms with Crippen LogP contribution in [0.5, 0.6) is 0 Å². The molecule has 6 heteroatoms. The van der Waals surface area contributed by atoms with E-state index < -0.39 is 16.6 Å². The Kier molecular flexibility index (Phi) is 6.70. The first kappa shape index (κ1) is 16.4. The predicted octanol–water partition coefficient (Wildman–Crippen LogP) is 2.52. The highest BCUT2D eigenvalue weighted by molar-refractivity contribution is 8.78. The first-order chi connectivity index (χ1) is 7.70. The second-order valence-corrected chi connectivity index (χ2v) is 7.12. The summed E-state index contributed by atoms with van der Waals surface area (Å²) in [5.41, 5.74) is 0. The zero-order valence-corrected chi connectivity index (χ0v) is 12.2. The van der Waals surface area contributed by atoms with Crippen LogP contribution in [0.25, 0.3) is 0 Å². The van der Waals surface area contributed by atoms with Gasteiger partial charge in [-0.3, -0.25) is 4.79 Å². The van der Waals surface area contributed by atoms with Crippen LogP contribution in [-0.4, -0.2) is 28.7 Å². The van der Waals surface area contributed by atoms with Crippen LogP contribution in [0.3, 0.4) is 0 Å². The number of rotatable bonds is 8. The number of carbonyl (C=O) groups is 2. The molecule has 0 aliphatic rings. The molecule has 0 fully saturated rings. The minimum atomic E-state index is -0.937. The molecule has 0 spiro atoms. The molecule has 0 aliphatic carbocycles. The van der Waals surface area contributed by atoms with Crippen LogP contribution >= 0.6 is 21.6 Å². The smallest absolute Gasteiger partial charge is 0.308 e. The van der Waals surface area contributed by atoms with E-state index in [4.69, 9.17) is 5.11 Å². The molecule has 0 saturated carbocycles. The molecule has 98 valence electrons. The molecule has 0 aromatic heterocycles. The maximum atomic E-state index is 11.2. The van der Waals surface area contributed by atoms with Crippen molar-refractivity contribution in [3.63, 3.8) is 0 Å². The average molecular weight is 277 g/mol. The fourth-order valence-electron chi connectivity index (χ4n) is 1.18. The summed E-state index contributed by atoms with van der Waals surface area (Å²) in [6.07, 6.45) is 0.0575. The summed E-state index contributed by atoms with van der Waals surface area (Å²) in [6, 6.07) is 0. The third kappa shape index (κ3) is 6.02. The van der Waals surface area contributed by atoms with E-state index in [0.717, 1.165) is 5.03 Å². The van der Waals surface area contributed by atoms with Gasteiger partial charge < -0.3 is 15.2 Å². The summed E-state index contributed by atoms with van der Waals surface area (Å²) in [7, 11) is 4.56. The average Bonchev–Trinajstić information content (AvgIpc) is 2.21. The first-order valence-corrected chi connectivity index (χ1v) is 7.30. The quantitative estimate of drug-likeness (QED) is 0.665. The molecule has 0 rings (SSSR count). The van der Waals surface area contributed by atoms with Crippen LogP contribution < -0.4 is 5.32 Å². The number of Topliss-reactive ketones (excluding diaryl/α,β-unsaturated/α-hetero) is 1. The van der Waals surface area contributed by atoms with Crippen molar-refractivity contribution in [3.05, 3.63) is 11.6 Å². The number of aliphatic carboxylic acids is 1. The summed E-state index contributed by atoms with van der Waals surface area (Å²) in [5, 5.41) is 12.8. The van der Waals surface area contributed by atoms with Crippen molar-refractivity contribution in [3.8, 4) is 0 Å². The van der Waals surface area contributed by atoms with E-state index >= 15 is 0 Å². The Balaban J connectivity index is 4.65. The Bertz CT molecular complexity index is 316. The maximum Gasteiger partial charge on any atom is 0.308 e. The van der Waals surface area contributed by atoms with Gasteiger partial charge in [0, 0.05) is 18.2 Å². The monoisotopic (exact) mass is 277 g/mol. The molecule has 2 N–H and O–H groups in total. The molecule has 4 nitrogen and oxygen atoms in total. The lowest BCUT2D eigenvalue weighted by Gasteiger charge is -2.29. The minimum absolute atomic E-state index is 0.0575. The van der Waals surface area contributed by atoms with E-state index in [1.54, 1.807) is 7.05 Å². The zero-order chi connectivity index (χ0) is 13.6. The molecule has 0 amide bonds. The molecule has 0 aliphatic heterocycles. The van der Waals surface area contributed by atoms with E-state index in [2.05, 4.69) is 11.9 Å². The molecular weight excluding hydrogens is 258 g/mol. The lowest BCUT2D eigenvalue weighted by molar-refractivity contribution is -0.144. The summed E-state index contributed by atoms with van der Waals surface area (Å²) in [4.78, 5) is 22.3. The van der Waals surface area contributed by atoms with Gasteiger partial charge in [-0.2, -0.15) is 0 Å². The van der Waals surface area contributed by atoms with Crippen molar-refractivity contribution >= 4 is 33.3 Å². The number of nitrogens with one attached hydrogen (secondary N) is 1. The topological polar surface area (TPSA) is 66.4 Å². The highest BCUT2D eigenvalue weighted by atomic mass is 33.1. The normalized spacial score (nSPS) is 12.9. The van der Waals surface area contributed by atoms with E-state index in [0.29, 0.717) is 0 Å². The number of carboxylic acid groups (broad SMARTS) is 1. The van der Waals surface area contributed by atoms with Crippen molar-refractivity contribution in [2.24, 2.45) is 5.92 Å². The summed E-state index contributed by atoms with van der Waals surface area (Å²) >= 11 is 0. The van der Waals surface area contributed by atoms with Crippen LogP contribution in [0.1, 0.15) is 27.2 Å². The number of ketones is 1. The Morgan fingerprint density at radius 2 is 2.00 bits per heavy atom. The Labute approximate surface area is 110 Å². The van der Waals surface area contributed by atoms with Gasteiger partial charge in [-0.15, -0.1) is 0 Å². The van der Waals surface area contributed by atoms with Crippen molar-refractivity contribution in [2.45, 2.75) is 31.9 Å². The molecule has 0 bridgehead atoms. The van der Waals surface area contributed by atoms with E-state index in [-0.39, 0.29) is 12.2 Å². The maximum absolute atomic E-state index is 11.2. The molecule has 1 unspecified atom stereocenters. The van der Waals surface area contributed by atoms with Gasteiger partial charge in [0.15, 0.2) is 0 Å². The Morgan fingerprint density at radius 1 is 1.47 bits per heavy atom. The molecule has 17 heavy (non-hydrogen) atoms. The summed E-state index contributed by atoms with van der Waals surface area (Å²) in [5.74, 6) is -1.74. The molecule has 0 radical (unpaired) electrons. The largest absolute Gasteiger partial charge is 0.481 e. The van der Waals surface area contributed by atoms with Gasteiger partial charge in [0.1, 0.15) is 5.78 Å². The standard InChI is InChI=1S/C11H19NO3S2/c1-7(13)6-9(10(14)15)11(3,4)17-16-8(2)12-5/h9,12H,2,6H2,1,3-5H3,(H,14,15). The molecule has 0 saturated heterocycles. The molecule has 1 atom stereocenters. The second-order valence-electron chi connectivity index (χ2n) is 4.24. The molecule has 0 aromatic carbocycles. The summed E-state index contributed by atoms with van der Waals surface area (Å²) < 4.78 is -0.540. The van der Waals surface area contributed by atoms with Crippen LogP contribution in [0, 0.1) is 5.92 Å². The lowest BCUT2D eigenvalue weighted by atomic mass is 9.90. The van der Waals surface area contributed by atoms with Crippen molar-refractivity contribution in [2.75, 3.05) is 7.05 Å². The fraction of sp³-hybridized carbons (Fsp3) is 0.636. The van der Waals surface area contributed by atoms with Crippen molar-refractivity contribution < 1.29 is 14.7 Å². The first-order valence-electron chi connectivity index (χ1n) is 5.15. The highest BCUT2D eigenvalue weighted by Crippen LogP contribution is 2.44. The molecule has 0 heterocycles. The van der Waals surface area contributed by atoms with Gasteiger partial charge in [-0.25, -0.2) is 0 Å². The van der Waals surface area contributed by atoms with Crippen LogP contribution in [-0.2, 0) is 9.59 Å². The minimum Gasteiger partial charge on any atom is -0.481 e. The van der Waals surface area contributed by atoms with E-state index in [9.17, 15) is 9.59 Å². The zero-order valence-electron chi connectivity index (χ0n) is 10.6. The molecular formula is C11H19NO3S2. The lowest BCUT2D eigenvalue weighted by Crippen LogP contribution is -2.35. The van der Waals surface area contributed by atoms with Gasteiger partial charge >= 0.3 is 5.97 Å². The highest BCUT2D eigenvalue weighted by Gasteiger charge is 2.37. The van der Waals surface area contributed by atoms with Crippen LogP contribution in [0.15, 0.2) is 11.6 Å². The molecule has 0 aromatic rings. The Morgan fingerprint density at radius 3 is 2.35 bits per heavy atom. The van der Waals surface area contributed by atoms with Crippen molar-refractivity contribution in [1.82, 2.24) is 5.32 Å². The third-order valence-electron chi connectivity index (χ3n) is 2.26. The van der Waals surface area contributed by atoms with E-state index in [1.807, 2.05) is 13.8 Å². The van der Waals surface area contributed by atoms with Gasteiger partial charge in [-0.1, -0.05) is 17.4 Å². The van der Waals surface area contributed by atoms with E-state index in [1.165, 1.54) is 28.5 Å². The number of carbonyl (C=O) groups excluding carboxylic acids is 1. The fourth-order valence-corrected chi connectivity index (χ4v) is 3.42. The number of hydrogen-bond donors (Lipinski definition) is 2. The third-order valence-corrected chi connectivity index (χ3v) is 5.61. The van der Waals surface area contributed by atoms with Crippen LogP contribution in [0.4, 0.5) is 0 Å². The SMILES string of the molecule is C=C(NC)SSC(C)(C)C(CC(C)=O)C(=O)O. The number of carboxylic acids is 1. The Hall–Kier alpha value is -0.620. The van der Waals surface area contributed by atoms with Gasteiger partial charge in [0.05, 0.1) is 10.9 Å². The van der Waals surface area contributed by atoms with Gasteiger partial charge in [-0.05, 0) is 31.6 Å². The summed E-state index contributed by atoms with van der Waals surface area (Å²) in [6.45, 7) is 8.83. The second kappa shape index (κ2) is 6.96. The number of hydrogen-bond acceptors (Lipinski definition) is 5. The predicted molar refractivity (Wildman–Crippen MR) is 73.9 cm³/mol. The van der Waals surface area contributed by atoms with Gasteiger partial charge in [0.2, 0.25) is 0 Å².